The molecular formula is C7H5ClI2O. The highest BCUT2D eigenvalue weighted by molar-refractivity contribution is 14.1. The predicted molar refractivity (Wildman–Crippen MR) is 63.4 cm³/mol. The van der Waals surface area contributed by atoms with E-state index in [1.165, 1.54) is 0 Å². The summed E-state index contributed by atoms with van der Waals surface area (Å²) in [5.74, 6) is 0.733. The lowest BCUT2D eigenvalue weighted by Crippen LogP contribution is -1.87. The topological polar surface area (TPSA) is 9.23 Å². The predicted octanol–water partition coefficient (Wildman–Crippen LogP) is 3.56. The van der Waals surface area contributed by atoms with Gasteiger partial charge in [-0.05, 0) is 57.3 Å². The molecule has 0 aliphatic carbocycles. The maximum atomic E-state index is 5.87. The fourth-order valence-electron chi connectivity index (χ4n) is 0.661. The fourth-order valence-corrected chi connectivity index (χ4v) is 1.99. The lowest BCUT2D eigenvalue weighted by atomic mass is 10.3. The Bertz CT molecular complexity index is 275. The van der Waals surface area contributed by atoms with Crippen molar-refractivity contribution in [2.24, 2.45) is 0 Å². The first-order chi connectivity index (χ1) is 5.15. The molecule has 1 aromatic rings. The summed E-state index contributed by atoms with van der Waals surface area (Å²) in [5.41, 5.74) is 0. The molecule has 1 rings (SSSR count). The van der Waals surface area contributed by atoms with E-state index in [0.717, 1.165) is 12.9 Å². The van der Waals surface area contributed by atoms with Gasteiger partial charge in [0.25, 0.3) is 0 Å². The Morgan fingerprint density at radius 3 is 2.36 bits per heavy atom. The minimum atomic E-state index is 0.664. The van der Waals surface area contributed by atoms with E-state index < -0.39 is 0 Å². The molecular weight excluding hydrogens is 389 g/mol. The van der Waals surface area contributed by atoms with Crippen LogP contribution in [0.4, 0.5) is 0 Å². The fraction of sp³-hybridized carbons (Fsp3) is 0.143. The first-order valence-corrected chi connectivity index (χ1v) is 5.37. The van der Waals surface area contributed by atoms with E-state index in [2.05, 4.69) is 45.2 Å². The van der Waals surface area contributed by atoms with Gasteiger partial charge in [0.15, 0.2) is 0 Å². The van der Waals surface area contributed by atoms with Crippen LogP contribution < -0.4 is 4.74 Å². The maximum absolute atomic E-state index is 5.87. The van der Waals surface area contributed by atoms with E-state index in [1.54, 1.807) is 7.11 Å². The van der Waals surface area contributed by atoms with Gasteiger partial charge in [-0.1, -0.05) is 11.6 Å². The molecule has 4 heteroatoms. The van der Waals surface area contributed by atoms with Crippen LogP contribution in [0.25, 0.3) is 0 Å². The van der Waals surface area contributed by atoms with Gasteiger partial charge in [0.2, 0.25) is 0 Å². The van der Waals surface area contributed by atoms with E-state index in [4.69, 9.17) is 16.3 Å². The average Bonchev–Trinajstić information content (AvgIpc) is 1.97. The third kappa shape index (κ3) is 2.35. The molecule has 11 heavy (non-hydrogen) atoms. The van der Waals surface area contributed by atoms with Crippen molar-refractivity contribution in [2.45, 2.75) is 0 Å². The molecule has 0 amide bonds. The number of ether oxygens (including phenoxy) is 1. The largest absolute Gasteiger partial charge is 0.495 e. The van der Waals surface area contributed by atoms with Crippen LogP contribution in [-0.2, 0) is 0 Å². The highest BCUT2D eigenvalue weighted by atomic mass is 127. The van der Waals surface area contributed by atoms with Crippen molar-refractivity contribution < 1.29 is 4.74 Å². The van der Waals surface area contributed by atoms with Crippen LogP contribution in [0.15, 0.2) is 12.1 Å². The van der Waals surface area contributed by atoms with Crippen LogP contribution in [-0.4, -0.2) is 7.11 Å². The van der Waals surface area contributed by atoms with Gasteiger partial charge in [0.05, 0.1) is 12.1 Å². The van der Waals surface area contributed by atoms with E-state index in [1.807, 2.05) is 12.1 Å². The number of hydrogen-bond acceptors (Lipinski definition) is 1. The van der Waals surface area contributed by atoms with Gasteiger partial charge in [0.1, 0.15) is 5.75 Å². The highest BCUT2D eigenvalue weighted by Crippen LogP contribution is 2.29. The summed E-state index contributed by atoms with van der Waals surface area (Å²) in [6.07, 6.45) is 0. The van der Waals surface area contributed by atoms with Gasteiger partial charge in [-0.2, -0.15) is 0 Å². The quantitative estimate of drug-likeness (QED) is 0.523. The summed E-state index contributed by atoms with van der Waals surface area (Å²) in [4.78, 5) is 0. The van der Waals surface area contributed by atoms with Crippen molar-refractivity contribution in [1.29, 1.82) is 0 Å². The molecule has 0 aromatic heterocycles. The zero-order valence-electron chi connectivity index (χ0n) is 5.70. The maximum Gasteiger partial charge on any atom is 0.138 e. The Labute approximate surface area is 97.7 Å². The van der Waals surface area contributed by atoms with Crippen molar-refractivity contribution in [3.63, 3.8) is 0 Å². The third-order valence-electron chi connectivity index (χ3n) is 1.19. The minimum absolute atomic E-state index is 0.664. The van der Waals surface area contributed by atoms with Crippen molar-refractivity contribution in [2.75, 3.05) is 7.11 Å². The van der Waals surface area contributed by atoms with Crippen molar-refractivity contribution in [3.8, 4) is 5.75 Å². The van der Waals surface area contributed by atoms with Crippen molar-refractivity contribution >= 4 is 56.8 Å². The number of hydrogen-bond donors (Lipinski definition) is 0. The monoisotopic (exact) mass is 394 g/mol. The Morgan fingerprint density at radius 2 is 1.82 bits per heavy atom. The normalized spacial score (nSPS) is 9.82. The van der Waals surface area contributed by atoms with Crippen LogP contribution in [0.1, 0.15) is 0 Å². The molecule has 0 atom stereocenters. The second kappa shape index (κ2) is 4.13. The third-order valence-corrected chi connectivity index (χ3v) is 4.31. The Morgan fingerprint density at radius 1 is 1.27 bits per heavy atom. The Kier molecular flexibility index (Phi) is 3.70. The molecule has 0 unspecified atom stereocenters. The molecule has 1 aromatic carbocycles. The summed E-state index contributed by atoms with van der Waals surface area (Å²) in [7, 11) is 1.62. The minimum Gasteiger partial charge on any atom is -0.495 e. The molecule has 0 N–H and O–H groups in total. The second-order valence-electron chi connectivity index (χ2n) is 1.90. The highest BCUT2D eigenvalue weighted by Gasteiger charge is 2.03. The molecule has 60 valence electrons. The molecule has 0 bridgehead atoms. The molecule has 0 saturated carbocycles. The van der Waals surface area contributed by atoms with Gasteiger partial charge in [-0.15, -0.1) is 0 Å². The molecule has 1 nitrogen and oxygen atoms in total. The van der Waals surface area contributed by atoms with E-state index in [-0.39, 0.29) is 0 Å². The second-order valence-corrected chi connectivity index (χ2v) is 4.63. The number of halogens is 3. The van der Waals surface area contributed by atoms with Crippen molar-refractivity contribution in [1.82, 2.24) is 0 Å². The summed E-state index contributed by atoms with van der Waals surface area (Å²) in [6, 6.07) is 3.81. The summed E-state index contributed by atoms with van der Waals surface area (Å²) in [5, 5.41) is 0.664. The number of benzene rings is 1. The van der Waals surface area contributed by atoms with Gasteiger partial charge in [-0.25, -0.2) is 0 Å². The van der Waals surface area contributed by atoms with Crippen LogP contribution >= 0.6 is 56.8 Å². The molecule has 0 aliphatic heterocycles. The molecule has 0 aliphatic rings. The molecule has 0 heterocycles. The first-order valence-electron chi connectivity index (χ1n) is 2.83. The lowest BCUT2D eigenvalue weighted by molar-refractivity contribution is 0.414. The van der Waals surface area contributed by atoms with E-state index in [9.17, 15) is 0 Å². The lowest BCUT2D eigenvalue weighted by Gasteiger charge is -2.04. The molecule has 0 saturated heterocycles. The van der Waals surface area contributed by atoms with Gasteiger partial charge >= 0.3 is 0 Å². The van der Waals surface area contributed by atoms with Crippen LogP contribution in [0, 0.1) is 7.14 Å². The average molecular weight is 394 g/mol. The molecule has 0 spiro atoms. The Hall–Kier alpha value is 0.770. The van der Waals surface area contributed by atoms with Gasteiger partial charge < -0.3 is 4.74 Å². The zero-order chi connectivity index (χ0) is 8.43. The van der Waals surface area contributed by atoms with Gasteiger partial charge in [0, 0.05) is 7.14 Å². The number of methoxy groups -OCH3 is 1. The van der Waals surface area contributed by atoms with E-state index >= 15 is 0 Å². The first kappa shape index (κ1) is 9.85. The van der Waals surface area contributed by atoms with Crippen LogP contribution in [0.3, 0.4) is 0 Å². The standard InChI is InChI=1S/C7H5ClI2O/c1-11-7-3-6(10)5(9)2-4(7)8/h2-3H,1H3. The Balaban J connectivity index is 3.21. The van der Waals surface area contributed by atoms with Crippen molar-refractivity contribution in [3.05, 3.63) is 24.3 Å². The summed E-state index contributed by atoms with van der Waals surface area (Å²) in [6.45, 7) is 0. The molecule has 0 fully saturated rings. The van der Waals surface area contributed by atoms with Crippen LogP contribution in [0.2, 0.25) is 5.02 Å². The van der Waals surface area contributed by atoms with E-state index in [0.29, 0.717) is 5.02 Å². The smallest absolute Gasteiger partial charge is 0.138 e. The SMILES string of the molecule is COc1cc(I)c(I)cc1Cl. The van der Waals surface area contributed by atoms with Crippen LogP contribution in [0.5, 0.6) is 5.75 Å². The molecule has 0 radical (unpaired) electrons. The van der Waals surface area contributed by atoms with Gasteiger partial charge in [-0.3, -0.25) is 0 Å². The number of rotatable bonds is 1. The summed E-state index contributed by atoms with van der Waals surface area (Å²) < 4.78 is 7.34. The zero-order valence-corrected chi connectivity index (χ0v) is 10.8. The summed E-state index contributed by atoms with van der Waals surface area (Å²) >= 11 is 10.3.